The molecule has 1 aromatic rings. The van der Waals surface area contributed by atoms with E-state index in [1.807, 2.05) is 0 Å². The van der Waals surface area contributed by atoms with Gasteiger partial charge in [0.1, 0.15) is 5.82 Å². The Labute approximate surface area is 182 Å². The monoisotopic (exact) mass is 448 g/mol. The lowest BCUT2D eigenvalue weighted by molar-refractivity contribution is -0.127. The van der Waals surface area contributed by atoms with Crippen LogP contribution < -0.4 is 5.32 Å². The van der Waals surface area contributed by atoms with Crippen molar-refractivity contribution in [1.82, 2.24) is 5.32 Å². The lowest BCUT2D eigenvalue weighted by Gasteiger charge is -2.44. The van der Waals surface area contributed by atoms with Crippen LogP contribution in [0.2, 0.25) is 0 Å². The third-order valence-corrected chi connectivity index (χ3v) is 9.70. The molecule has 2 unspecified atom stereocenters. The van der Waals surface area contributed by atoms with Crippen molar-refractivity contribution >= 4 is 21.5 Å². The van der Waals surface area contributed by atoms with Gasteiger partial charge in [-0.2, -0.15) is 4.36 Å². The van der Waals surface area contributed by atoms with E-state index in [1.54, 1.807) is 6.07 Å². The summed E-state index contributed by atoms with van der Waals surface area (Å²) in [4.78, 5) is 25.0. The highest BCUT2D eigenvalue weighted by Gasteiger charge is 2.45. The van der Waals surface area contributed by atoms with Crippen molar-refractivity contribution in [2.45, 2.75) is 63.0 Å². The molecule has 6 nitrogen and oxygen atoms in total. The average molecular weight is 449 g/mol. The number of nitrogens with zero attached hydrogens (tertiary/aromatic N) is 1. The van der Waals surface area contributed by atoms with E-state index in [-0.39, 0.29) is 23.7 Å². The molecule has 2 saturated heterocycles. The summed E-state index contributed by atoms with van der Waals surface area (Å²) < 4.78 is 37.0. The van der Waals surface area contributed by atoms with Gasteiger partial charge in [-0.25, -0.2) is 8.60 Å². The fraction of sp³-hybridized carbons (Fsp3) is 0.652. The molecule has 1 spiro atoms. The third-order valence-electron chi connectivity index (χ3n) is 7.50. The Morgan fingerprint density at radius 2 is 2.03 bits per heavy atom. The van der Waals surface area contributed by atoms with Gasteiger partial charge in [-0.1, -0.05) is 13.0 Å². The fourth-order valence-corrected chi connectivity index (χ4v) is 7.45. The standard InChI is InChI=1S/C23H29FN2O4S/c1-14-10-18(14)21(27)25-17-4-7-30-23(13-17)5-8-31(29,9-6-23)26-22(28)20-11-15-2-3-16(24)12-19(15)20/h2-3,12,14,17-18,20H,4-11,13H2,1H3,(H,25,27)/t14-,17?,18-,20?,23?,31?/m1/s1. The largest absolute Gasteiger partial charge is 0.375 e. The normalized spacial score (nSPS) is 38.6. The number of rotatable bonds is 3. The smallest absolute Gasteiger partial charge is 0.261 e. The average Bonchev–Trinajstić information content (AvgIpc) is 3.44. The van der Waals surface area contributed by atoms with Crippen molar-refractivity contribution in [2.75, 3.05) is 18.1 Å². The van der Waals surface area contributed by atoms with E-state index in [0.717, 1.165) is 24.8 Å². The van der Waals surface area contributed by atoms with Crippen LogP contribution in [0.15, 0.2) is 22.6 Å². The van der Waals surface area contributed by atoms with Gasteiger partial charge in [-0.15, -0.1) is 0 Å². The molecule has 4 atom stereocenters. The number of fused-ring (bicyclic) bond motifs is 1. The van der Waals surface area contributed by atoms with Gasteiger partial charge >= 0.3 is 0 Å². The summed E-state index contributed by atoms with van der Waals surface area (Å²) in [5.74, 6) is 0.177. The molecule has 0 aromatic heterocycles. The molecule has 1 N–H and O–H groups in total. The van der Waals surface area contributed by atoms with Crippen LogP contribution in [-0.4, -0.2) is 45.8 Å². The van der Waals surface area contributed by atoms with E-state index in [9.17, 15) is 18.2 Å². The van der Waals surface area contributed by atoms with E-state index < -0.39 is 27.2 Å². The lowest BCUT2D eigenvalue weighted by atomic mass is 9.77. The summed E-state index contributed by atoms with van der Waals surface area (Å²) in [6, 6.07) is 4.55. The van der Waals surface area contributed by atoms with Gasteiger partial charge in [0.25, 0.3) is 5.91 Å². The van der Waals surface area contributed by atoms with Crippen molar-refractivity contribution in [3.8, 4) is 0 Å². The van der Waals surface area contributed by atoms with Crippen LogP contribution in [0.5, 0.6) is 0 Å². The summed E-state index contributed by atoms with van der Waals surface area (Å²) in [7, 11) is -2.64. The maximum absolute atomic E-state index is 13.5. The van der Waals surface area contributed by atoms with Crippen LogP contribution in [0.1, 0.15) is 56.1 Å². The summed E-state index contributed by atoms with van der Waals surface area (Å²) in [6.45, 7) is 2.67. The molecule has 2 amide bonds. The van der Waals surface area contributed by atoms with E-state index in [0.29, 0.717) is 48.9 Å². The molecule has 1 saturated carbocycles. The van der Waals surface area contributed by atoms with Gasteiger partial charge in [0.15, 0.2) is 0 Å². The summed E-state index contributed by atoms with van der Waals surface area (Å²) in [5, 5.41) is 3.18. The predicted octanol–water partition coefficient (Wildman–Crippen LogP) is 2.94. The van der Waals surface area contributed by atoms with Crippen LogP contribution >= 0.6 is 0 Å². The van der Waals surface area contributed by atoms with E-state index >= 15 is 0 Å². The summed E-state index contributed by atoms with van der Waals surface area (Å²) in [5.41, 5.74) is 1.23. The number of nitrogens with one attached hydrogen (secondary N) is 1. The van der Waals surface area contributed by atoms with Gasteiger partial charge in [0.05, 0.1) is 21.2 Å². The molecule has 5 rings (SSSR count). The van der Waals surface area contributed by atoms with Crippen LogP contribution in [0.3, 0.4) is 0 Å². The Kier molecular flexibility index (Phi) is 5.20. The fourth-order valence-electron chi connectivity index (χ4n) is 5.23. The number of amides is 2. The molecular formula is C23H29FN2O4S. The van der Waals surface area contributed by atoms with E-state index in [4.69, 9.17) is 4.74 Å². The summed E-state index contributed by atoms with van der Waals surface area (Å²) in [6.07, 6.45) is 4.16. The molecule has 0 radical (unpaired) electrons. The molecule has 2 aliphatic carbocycles. The first-order valence-corrected chi connectivity index (χ1v) is 13.1. The zero-order chi connectivity index (χ0) is 21.8. The van der Waals surface area contributed by atoms with Crippen LogP contribution in [0.25, 0.3) is 0 Å². The second-order valence-corrected chi connectivity index (χ2v) is 12.3. The van der Waals surface area contributed by atoms with Crippen molar-refractivity contribution < 1.29 is 22.9 Å². The van der Waals surface area contributed by atoms with Crippen molar-refractivity contribution in [2.24, 2.45) is 16.2 Å². The highest BCUT2D eigenvalue weighted by atomic mass is 32.2. The molecule has 168 valence electrons. The minimum atomic E-state index is -2.64. The molecule has 3 fully saturated rings. The minimum Gasteiger partial charge on any atom is -0.375 e. The Morgan fingerprint density at radius 3 is 2.74 bits per heavy atom. The maximum atomic E-state index is 13.5. The van der Waals surface area contributed by atoms with Crippen LogP contribution in [-0.2, 0) is 30.5 Å². The van der Waals surface area contributed by atoms with Gasteiger partial charge in [0.2, 0.25) is 5.91 Å². The Balaban J connectivity index is 1.21. The van der Waals surface area contributed by atoms with Crippen LogP contribution in [0, 0.1) is 17.7 Å². The highest BCUT2D eigenvalue weighted by Crippen LogP contribution is 2.40. The topological polar surface area (TPSA) is 84.8 Å². The van der Waals surface area contributed by atoms with Crippen molar-refractivity contribution in [3.63, 3.8) is 0 Å². The SMILES string of the molecule is C[C@@H]1C[C@H]1C(=O)NC1CCOC2(CCS(=O)(=NC(=O)C3Cc4ccc(F)cc43)CC2)C1. The Morgan fingerprint density at radius 1 is 1.29 bits per heavy atom. The quantitative estimate of drug-likeness (QED) is 0.771. The first-order chi connectivity index (χ1) is 14.8. The molecule has 0 bridgehead atoms. The first-order valence-electron chi connectivity index (χ1n) is 11.2. The number of carbonyl (C=O) groups is 2. The van der Waals surface area contributed by atoms with Crippen molar-refractivity contribution in [3.05, 3.63) is 35.1 Å². The van der Waals surface area contributed by atoms with Gasteiger partial charge in [-0.05, 0) is 67.7 Å². The number of hydrogen-bond acceptors (Lipinski definition) is 4. The Hall–Kier alpha value is -1.80. The van der Waals surface area contributed by atoms with Crippen LogP contribution in [0.4, 0.5) is 4.39 Å². The maximum Gasteiger partial charge on any atom is 0.261 e. The third kappa shape index (κ3) is 4.16. The predicted molar refractivity (Wildman–Crippen MR) is 115 cm³/mol. The van der Waals surface area contributed by atoms with E-state index in [2.05, 4.69) is 16.6 Å². The number of ether oxygens (including phenoxy) is 1. The molecule has 31 heavy (non-hydrogen) atoms. The zero-order valence-corrected chi connectivity index (χ0v) is 18.6. The molecule has 8 heteroatoms. The van der Waals surface area contributed by atoms with Gasteiger partial charge in [-0.3, -0.25) is 9.59 Å². The van der Waals surface area contributed by atoms with E-state index in [1.165, 1.54) is 12.1 Å². The van der Waals surface area contributed by atoms with Gasteiger partial charge < -0.3 is 10.1 Å². The molecule has 1 aromatic carbocycles. The first kappa shape index (κ1) is 21.1. The summed E-state index contributed by atoms with van der Waals surface area (Å²) >= 11 is 0. The number of carbonyl (C=O) groups excluding carboxylic acids is 2. The highest BCUT2D eigenvalue weighted by molar-refractivity contribution is 7.93. The minimum absolute atomic E-state index is 0.0862. The molecule has 2 heterocycles. The second-order valence-electron chi connectivity index (χ2n) is 9.76. The lowest BCUT2D eigenvalue weighted by Crippen LogP contribution is -2.52. The Bertz CT molecular complexity index is 1030. The number of benzene rings is 1. The number of halogens is 1. The molecule has 4 aliphatic rings. The molecular weight excluding hydrogens is 419 g/mol. The molecule has 2 aliphatic heterocycles. The second kappa shape index (κ2) is 7.66. The van der Waals surface area contributed by atoms with Crippen molar-refractivity contribution in [1.29, 1.82) is 0 Å². The zero-order valence-electron chi connectivity index (χ0n) is 17.8. The number of hydrogen-bond donors (Lipinski definition) is 1. The van der Waals surface area contributed by atoms with Gasteiger partial charge in [0, 0.05) is 30.1 Å².